The summed E-state index contributed by atoms with van der Waals surface area (Å²) < 4.78 is 45.8. The maximum atomic E-state index is 13.6. The molecule has 7 nitrogen and oxygen atoms in total. The van der Waals surface area contributed by atoms with Crippen molar-refractivity contribution in [3.05, 3.63) is 59.2 Å². The zero-order valence-corrected chi connectivity index (χ0v) is 20.1. The second-order valence-corrected chi connectivity index (χ2v) is 10.7. The van der Waals surface area contributed by atoms with E-state index in [0.717, 1.165) is 16.7 Å². The number of sulfonamides is 1. The van der Waals surface area contributed by atoms with Gasteiger partial charge in [-0.25, -0.2) is 8.42 Å². The predicted molar refractivity (Wildman–Crippen MR) is 124 cm³/mol. The van der Waals surface area contributed by atoms with Gasteiger partial charge in [-0.15, -0.1) is 0 Å². The Hall–Kier alpha value is -2.42. The quantitative estimate of drug-likeness (QED) is 0.617. The zero-order chi connectivity index (χ0) is 23.6. The fourth-order valence-electron chi connectivity index (χ4n) is 4.76. The second-order valence-electron chi connectivity index (χ2n) is 8.74. The number of rotatable bonds is 5. The van der Waals surface area contributed by atoms with E-state index >= 15 is 0 Å². The van der Waals surface area contributed by atoms with Gasteiger partial charge in [0.05, 0.1) is 26.2 Å². The number of aryl methyl sites for hydroxylation is 1. The standard InChI is InChI=1S/C25H31NO6S/c1-4-31-25(27)13-19-12-21(16-30-3)23-15-26(14-20-11-18(19)10-9-17(20)2)33(28,29)24-8-6-5-7-22(24)32-23/h5-11,19,21,23H,4,12-16H2,1-3H3/t19?,21?,23-/m0/s1. The van der Waals surface area contributed by atoms with Crippen molar-refractivity contribution in [2.75, 3.05) is 26.9 Å². The zero-order valence-electron chi connectivity index (χ0n) is 19.3. The fraction of sp³-hybridized carbons (Fsp3) is 0.480. The molecular formula is C25H31NO6S. The van der Waals surface area contributed by atoms with Gasteiger partial charge in [0.25, 0.3) is 0 Å². The van der Waals surface area contributed by atoms with E-state index in [1.165, 1.54) is 4.31 Å². The Labute approximate surface area is 195 Å². The first-order chi connectivity index (χ1) is 15.8. The second kappa shape index (κ2) is 9.83. The number of hydrogen-bond donors (Lipinski definition) is 0. The molecule has 2 aromatic carbocycles. The van der Waals surface area contributed by atoms with Crippen LogP contribution in [0.15, 0.2) is 47.4 Å². The SMILES string of the molecule is CCOC(=O)CC1CC(COC)[C@@H]2CN(Cc3cc1ccc3C)S(=O)(=O)c1ccccc1O2. The van der Waals surface area contributed by atoms with Gasteiger partial charge in [-0.1, -0.05) is 30.3 Å². The molecule has 0 aliphatic carbocycles. The summed E-state index contributed by atoms with van der Waals surface area (Å²) >= 11 is 0. The molecule has 2 heterocycles. The molecule has 0 aromatic heterocycles. The molecule has 2 aliphatic rings. The summed E-state index contributed by atoms with van der Waals surface area (Å²) in [5.74, 6) is -0.0974. The molecular weight excluding hydrogens is 442 g/mol. The summed E-state index contributed by atoms with van der Waals surface area (Å²) in [7, 11) is -2.12. The Morgan fingerprint density at radius 3 is 2.76 bits per heavy atom. The highest BCUT2D eigenvalue weighted by atomic mass is 32.2. The molecule has 178 valence electrons. The third-order valence-electron chi connectivity index (χ3n) is 6.53. The number of benzene rings is 2. The summed E-state index contributed by atoms with van der Waals surface area (Å²) in [6.07, 6.45) is 0.440. The lowest BCUT2D eigenvalue weighted by atomic mass is 9.82. The lowest BCUT2D eigenvalue weighted by Crippen LogP contribution is -2.42. The normalized spacial score (nSPS) is 25.8. The molecule has 3 unspecified atom stereocenters. The molecule has 4 rings (SSSR count). The van der Waals surface area contributed by atoms with Gasteiger partial charge in [-0.3, -0.25) is 4.79 Å². The van der Waals surface area contributed by atoms with E-state index in [4.69, 9.17) is 14.2 Å². The Morgan fingerprint density at radius 2 is 2.00 bits per heavy atom. The Balaban J connectivity index is 1.84. The molecule has 0 spiro atoms. The van der Waals surface area contributed by atoms with E-state index in [0.29, 0.717) is 25.4 Å². The van der Waals surface area contributed by atoms with Gasteiger partial charge < -0.3 is 14.2 Å². The van der Waals surface area contributed by atoms with Gasteiger partial charge in [0.2, 0.25) is 10.0 Å². The number of hydrogen-bond acceptors (Lipinski definition) is 6. The van der Waals surface area contributed by atoms with Crippen LogP contribution in [0.25, 0.3) is 0 Å². The Bertz CT molecular complexity index is 1120. The topological polar surface area (TPSA) is 82.1 Å². The van der Waals surface area contributed by atoms with Crippen molar-refractivity contribution in [1.29, 1.82) is 0 Å². The maximum absolute atomic E-state index is 13.6. The molecule has 0 radical (unpaired) electrons. The Kier molecular flexibility index (Phi) is 7.07. The van der Waals surface area contributed by atoms with Crippen LogP contribution < -0.4 is 4.74 Å². The van der Waals surface area contributed by atoms with Crippen LogP contribution in [0.5, 0.6) is 5.75 Å². The van der Waals surface area contributed by atoms with Crippen molar-refractivity contribution in [2.24, 2.45) is 5.92 Å². The van der Waals surface area contributed by atoms with E-state index in [-0.39, 0.29) is 42.2 Å². The van der Waals surface area contributed by atoms with Crippen LogP contribution in [0.2, 0.25) is 0 Å². The smallest absolute Gasteiger partial charge is 0.306 e. The van der Waals surface area contributed by atoms with Crippen LogP contribution in [-0.2, 0) is 30.8 Å². The van der Waals surface area contributed by atoms with Gasteiger partial charge in [-0.2, -0.15) is 4.31 Å². The minimum Gasteiger partial charge on any atom is -0.487 e. The van der Waals surface area contributed by atoms with Crippen LogP contribution in [0.4, 0.5) is 0 Å². The summed E-state index contributed by atoms with van der Waals surface area (Å²) in [4.78, 5) is 12.6. The molecule has 0 N–H and O–H groups in total. The molecule has 0 saturated carbocycles. The van der Waals surface area contributed by atoms with Crippen molar-refractivity contribution >= 4 is 16.0 Å². The molecule has 4 atom stereocenters. The predicted octanol–water partition coefficient (Wildman–Crippen LogP) is 3.65. The average Bonchev–Trinajstić information content (AvgIpc) is 2.88. The number of esters is 1. The van der Waals surface area contributed by atoms with E-state index in [1.807, 2.05) is 25.1 Å². The van der Waals surface area contributed by atoms with Crippen molar-refractivity contribution in [1.82, 2.24) is 4.31 Å². The number of carbonyl (C=O) groups excluding carboxylic acids is 1. The fourth-order valence-corrected chi connectivity index (χ4v) is 6.32. The third-order valence-corrected chi connectivity index (χ3v) is 8.38. The first kappa shape index (κ1) is 23.7. The number of ether oxygens (including phenoxy) is 3. The van der Waals surface area contributed by atoms with Crippen LogP contribution >= 0.6 is 0 Å². The van der Waals surface area contributed by atoms with Crippen LogP contribution in [0.3, 0.4) is 0 Å². The lowest BCUT2D eigenvalue weighted by Gasteiger charge is -2.33. The van der Waals surface area contributed by atoms with Crippen molar-refractivity contribution in [3.63, 3.8) is 0 Å². The van der Waals surface area contributed by atoms with Crippen LogP contribution in [-0.4, -0.2) is 51.7 Å². The Morgan fingerprint density at radius 1 is 1.21 bits per heavy atom. The van der Waals surface area contributed by atoms with Gasteiger partial charge in [-0.05, 0) is 55.0 Å². The van der Waals surface area contributed by atoms with Gasteiger partial charge in [0.15, 0.2) is 0 Å². The van der Waals surface area contributed by atoms with E-state index < -0.39 is 16.1 Å². The number of fused-ring (bicyclic) bond motifs is 5. The van der Waals surface area contributed by atoms with Crippen molar-refractivity contribution in [3.8, 4) is 5.75 Å². The molecule has 8 heteroatoms. The highest BCUT2D eigenvalue weighted by molar-refractivity contribution is 7.89. The highest BCUT2D eigenvalue weighted by Crippen LogP contribution is 2.38. The monoisotopic (exact) mass is 473 g/mol. The number of methoxy groups -OCH3 is 1. The molecule has 0 amide bonds. The summed E-state index contributed by atoms with van der Waals surface area (Å²) in [6, 6.07) is 12.9. The van der Waals surface area contributed by atoms with Crippen molar-refractivity contribution < 1.29 is 27.4 Å². The van der Waals surface area contributed by atoms with Gasteiger partial charge in [0, 0.05) is 19.6 Å². The summed E-state index contributed by atoms with van der Waals surface area (Å²) in [5, 5.41) is 0. The van der Waals surface area contributed by atoms with Crippen molar-refractivity contribution in [2.45, 2.75) is 50.2 Å². The molecule has 4 bridgehead atoms. The van der Waals surface area contributed by atoms with E-state index in [9.17, 15) is 13.2 Å². The summed E-state index contributed by atoms with van der Waals surface area (Å²) in [6.45, 7) is 4.95. The summed E-state index contributed by atoms with van der Waals surface area (Å²) in [5.41, 5.74) is 2.93. The first-order valence-corrected chi connectivity index (χ1v) is 12.8. The van der Waals surface area contributed by atoms with E-state index in [1.54, 1.807) is 38.3 Å². The number of para-hydroxylation sites is 1. The lowest BCUT2D eigenvalue weighted by molar-refractivity contribution is -0.143. The van der Waals surface area contributed by atoms with E-state index in [2.05, 4.69) is 0 Å². The molecule has 2 aromatic rings. The minimum absolute atomic E-state index is 0.0891. The van der Waals surface area contributed by atoms with Gasteiger partial charge in [0.1, 0.15) is 16.7 Å². The molecule has 0 fully saturated rings. The molecule has 33 heavy (non-hydrogen) atoms. The average molecular weight is 474 g/mol. The number of carbonyl (C=O) groups is 1. The van der Waals surface area contributed by atoms with Crippen LogP contribution in [0, 0.1) is 12.8 Å². The van der Waals surface area contributed by atoms with Gasteiger partial charge >= 0.3 is 5.97 Å². The largest absolute Gasteiger partial charge is 0.487 e. The molecule has 0 saturated heterocycles. The minimum atomic E-state index is -3.75. The molecule has 2 aliphatic heterocycles. The highest BCUT2D eigenvalue weighted by Gasteiger charge is 2.39. The maximum Gasteiger partial charge on any atom is 0.306 e. The van der Waals surface area contributed by atoms with Crippen LogP contribution in [0.1, 0.15) is 42.4 Å². The first-order valence-electron chi connectivity index (χ1n) is 11.3. The third kappa shape index (κ3) is 4.93. The number of nitrogens with zero attached hydrogens (tertiary/aromatic N) is 1.